The molecule has 0 fully saturated rings. The number of esters is 1. The topological polar surface area (TPSA) is 178 Å². The Morgan fingerprint density at radius 2 is 1.79 bits per heavy atom. The molecule has 0 unspecified atom stereocenters. The maximum Gasteiger partial charge on any atom is 0.332 e. The number of methoxy groups -OCH3 is 3. The number of nitrogens with one attached hydrogen (secondary N) is 3. The Kier molecular flexibility index (Phi) is 8.94. The predicted octanol–water partition coefficient (Wildman–Crippen LogP) is -0.128. The van der Waals surface area contributed by atoms with Crippen LogP contribution in [0, 0.1) is 0 Å². The summed E-state index contributed by atoms with van der Waals surface area (Å²) < 4.78 is 42.2. The molecule has 2 aromatic rings. The predicted molar refractivity (Wildman–Crippen MR) is 116 cm³/mol. The number of aliphatic hydroxyl groups excluding tert-OH is 1. The Balaban J connectivity index is 2.23. The minimum Gasteiger partial charge on any atom is -0.481 e. The summed E-state index contributed by atoms with van der Waals surface area (Å²) in [4.78, 5) is 31.5. The highest BCUT2D eigenvalue weighted by Crippen LogP contribution is 2.22. The zero-order valence-corrected chi connectivity index (χ0v) is 18.8. The van der Waals surface area contributed by atoms with Crippen molar-refractivity contribution in [3.8, 4) is 11.9 Å². The molecule has 14 heteroatoms. The van der Waals surface area contributed by atoms with Gasteiger partial charge in [-0.25, -0.2) is 13.2 Å². The third-order valence-corrected chi connectivity index (χ3v) is 5.23. The number of rotatable bonds is 11. The van der Waals surface area contributed by atoms with E-state index in [1.807, 2.05) is 0 Å². The molecular formula is C19H23N5O8S. The van der Waals surface area contributed by atoms with Crippen LogP contribution in [0.1, 0.15) is 0 Å². The zero-order valence-electron chi connectivity index (χ0n) is 18.0. The summed E-state index contributed by atoms with van der Waals surface area (Å²) in [6.07, 6.45) is 0.925. The second-order valence-corrected chi connectivity index (χ2v) is 7.78. The van der Waals surface area contributed by atoms with Crippen molar-refractivity contribution in [2.75, 3.05) is 44.5 Å². The normalized spacial score (nSPS) is 11.3. The molecule has 1 amide bonds. The second-order valence-electron chi connectivity index (χ2n) is 6.10. The van der Waals surface area contributed by atoms with E-state index in [4.69, 9.17) is 14.6 Å². The van der Waals surface area contributed by atoms with Gasteiger partial charge in [0.05, 0.1) is 38.9 Å². The molecule has 0 aliphatic heterocycles. The van der Waals surface area contributed by atoms with Crippen molar-refractivity contribution in [2.24, 2.45) is 0 Å². The molecule has 0 saturated heterocycles. The molecule has 4 N–H and O–H groups in total. The number of benzene rings is 1. The fourth-order valence-electron chi connectivity index (χ4n) is 2.32. The number of sulfonamides is 1. The third-order valence-electron chi connectivity index (χ3n) is 3.86. The lowest BCUT2D eigenvalue weighted by Crippen LogP contribution is -2.31. The quantitative estimate of drug-likeness (QED) is 0.248. The first-order valence-electron chi connectivity index (χ1n) is 9.28. The van der Waals surface area contributed by atoms with Crippen LogP contribution in [0.2, 0.25) is 0 Å². The lowest BCUT2D eigenvalue weighted by molar-refractivity contribution is -0.135. The number of aliphatic hydroxyl groups is 1. The first kappa shape index (κ1) is 25.4. The van der Waals surface area contributed by atoms with E-state index in [2.05, 4.69) is 30.1 Å². The van der Waals surface area contributed by atoms with Crippen molar-refractivity contribution < 1.29 is 37.3 Å². The number of ether oxygens (including phenoxy) is 3. The summed E-state index contributed by atoms with van der Waals surface area (Å²) in [6, 6.07) is 6.53. The molecule has 0 radical (unpaired) electrons. The van der Waals surface area contributed by atoms with Crippen LogP contribution in [0.3, 0.4) is 0 Å². The van der Waals surface area contributed by atoms with Crippen molar-refractivity contribution in [2.45, 2.75) is 4.90 Å². The minimum atomic E-state index is -4.03. The van der Waals surface area contributed by atoms with Crippen molar-refractivity contribution in [1.29, 1.82) is 0 Å². The zero-order chi connectivity index (χ0) is 24.4. The van der Waals surface area contributed by atoms with E-state index in [1.165, 1.54) is 44.6 Å². The molecule has 2 rings (SSSR count). The summed E-state index contributed by atoms with van der Waals surface area (Å²) in [5.74, 6) is -1.41. The van der Waals surface area contributed by atoms with E-state index in [0.29, 0.717) is 5.69 Å². The van der Waals surface area contributed by atoms with Gasteiger partial charge in [0.2, 0.25) is 5.88 Å². The van der Waals surface area contributed by atoms with Gasteiger partial charge in [-0.3, -0.25) is 9.52 Å². The van der Waals surface area contributed by atoms with E-state index < -0.39 is 21.9 Å². The lowest BCUT2D eigenvalue weighted by Gasteiger charge is -2.12. The molecule has 1 aromatic heterocycles. The van der Waals surface area contributed by atoms with Gasteiger partial charge in [0, 0.05) is 18.3 Å². The number of anilines is 2. The molecule has 1 aromatic carbocycles. The Morgan fingerprint density at radius 3 is 2.36 bits per heavy atom. The van der Waals surface area contributed by atoms with E-state index in [9.17, 15) is 18.0 Å². The summed E-state index contributed by atoms with van der Waals surface area (Å²) in [7, 11) is -0.199. The first-order chi connectivity index (χ1) is 15.7. The lowest BCUT2D eigenvalue weighted by atomic mass is 10.3. The second kappa shape index (κ2) is 11.6. The van der Waals surface area contributed by atoms with Crippen LogP contribution < -0.4 is 24.8 Å². The van der Waals surface area contributed by atoms with Crippen LogP contribution in [0.4, 0.5) is 11.5 Å². The van der Waals surface area contributed by atoms with Gasteiger partial charge >= 0.3 is 12.0 Å². The maximum atomic E-state index is 12.7. The molecule has 13 nitrogen and oxygen atoms in total. The number of aromatic nitrogens is 2. The van der Waals surface area contributed by atoms with Crippen molar-refractivity contribution in [3.63, 3.8) is 0 Å². The van der Waals surface area contributed by atoms with Crippen LogP contribution in [-0.2, 0) is 24.3 Å². The molecule has 0 bridgehead atoms. The van der Waals surface area contributed by atoms with Gasteiger partial charge in [-0.15, -0.1) is 0 Å². The summed E-state index contributed by atoms with van der Waals surface area (Å²) in [5.41, 5.74) is 0.151. The van der Waals surface area contributed by atoms with Gasteiger partial charge in [-0.2, -0.15) is 9.97 Å². The first-order valence-corrected chi connectivity index (χ1v) is 10.8. The van der Waals surface area contributed by atoms with Crippen LogP contribution >= 0.6 is 0 Å². The van der Waals surface area contributed by atoms with Crippen LogP contribution in [0.25, 0.3) is 0 Å². The average Bonchev–Trinajstić information content (AvgIpc) is 2.81. The summed E-state index contributed by atoms with van der Waals surface area (Å²) in [5, 5.41) is 14.0. The molecule has 1 heterocycles. The Morgan fingerprint density at radius 1 is 1.09 bits per heavy atom. The van der Waals surface area contributed by atoms with Gasteiger partial charge in [0.1, 0.15) is 5.70 Å². The number of hydrogen-bond donors (Lipinski definition) is 4. The van der Waals surface area contributed by atoms with Gasteiger partial charge < -0.3 is 30.0 Å². The minimum absolute atomic E-state index is 0.0273. The molecule has 0 aliphatic carbocycles. The molecule has 0 atom stereocenters. The van der Waals surface area contributed by atoms with E-state index in [0.717, 1.165) is 13.2 Å². The molecule has 0 aliphatic rings. The fraction of sp³-hybridized carbons (Fsp3) is 0.263. The monoisotopic (exact) mass is 481 g/mol. The highest BCUT2D eigenvalue weighted by Gasteiger charge is 2.18. The number of carbonyl (C=O) groups is 2. The van der Waals surface area contributed by atoms with E-state index in [-0.39, 0.29) is 41.5 Å². The van der Waals surface area contributed by atoms with Crippen molar-refractivity contribution in [1.82, 2.24) is 15.3 Å². The Hall–Kier alpha value is -3.91. The number of carbonyl (C=O) groups excluding carboxylic acids is 2. The number of amides is 1. The standard InChI is InChI=1S/C19H23N5O8S/c1-30-16-11-15(22-19(23-16)32-3)24-33(28,29)13-6-4-12(5-7-13)21-14(10-17(26)31-2)18(27)20-8-9-25/h4-7,10-11,21,25H,8-9H2,1-3H3,(H,20,27)(H,22,23,24)/b14-10-. The third kappa shape index (κ3) is 7.33. The summed E-state index contributed by atoms with van der Waals surface area (Å²) >= 11 is 0. The smallest absolute Gasteiger partial charge is 0.332 e. The molecule has 33 heavy (non-hydrogen) atoms. The van der Waals surface area contributed by atoms with Crippen molar-refractivity contribution >= 4 is 33.4 Å². The highest BCUT2D eigenvalue weighted by molar-refractivity contribution is 7.92. The number of hydrogen-bond acceptors (Lipinski definition) is 11. The van der Waals surface area contributed by atoms with Gasteiger partial charge in [-0.1, -0.05) is 0 Å². The van der Waals surface area contributed by atoms with Crippen LogP contribution in [-0.4, -0.2) is 69.8 Å². The SMILES string of the molecule is COC(=O)/C=C(\Nc1ccc(S(=O)(=O)Nc2cc(OC)nc(OC)n2)cc1)C(=O)NCCO. The average molecular weight is 481 g/mol. The number of nitrogens with zero attached hydrogens (tertiary/aromatic N) is 2. The molecule has 0 spiro atoms. The van der Waals surface area contributed by atoms with Crippen LogP contribution in [0.15, 0.2) is 47.0 Å². The van der Waals surface area contributed by atoms with Gasteiger partial charge in [0.15, 0.2) is 5.82 Å². The fourth-order valence-corrected chi connectivity index (χ4v) is 3.31. The molecular weight excluding hydrogens is 458 g/mol. The van der Waals surface area contributed by atoms with Crippen molar-refractivity contribution in [3.05, 3.63) is 42.1 Å². The van der Waals surface area contributed by atoms with Gasteiger partial charge in [0.25, 0.3) is 15.9 Å². The Bertz CT molecular complexity index is 1100. The van der Waals surface area contributed by atoms with Crippen LogP contribution in [0.5, 0.6) is 11.9 Å². The molecule has 0 saturated carbocycles. The highest BCUT2D eigenvalue weighted by atomic mass is 32.2. The summed E-state index contributed by atoms with van der Waals surface area (Å²) in [6.45, 7) is -0.318. The van der Waals surface area contributed by atoms with E-state index >= 15 is 0 Å². The largest absolute Gasteiger partial charge is 0.481 e. The Labute approximate surface area is 189 Å². The maximum absolute atomic E-state index is 12.7. The van der Waals surface area contributed by atoms with E-state index in [1.54, 1.807) is 0 Å². The molecule has 178 valence electrons. The van der Waals surface area contributed by atoms with Gasteiger partial charge in [-0.05, 0) is 24.3 Å².